The Balaban J connectivity index is 2.90. The summed E-state index contributed by atoms with van der Waals surface area (Å²) in [5.41, 5.74) is 0. The number of unbranched alkanes of at least 4 members (excludes halogenated alkanes) is 9. The monoisotopic (exact) mass is 276 g/mol. The molecule has 0 aliphatic rings. The van der Waals surface area contributed by atoms with Gasteiger partial charge in [0.25, 0.3) is 0 Å². The van der Waals surface area contributed by atoms with Crippen molar-refractivity contribution in [1.82, 2.24) is 0 Å². The first-order valence-corrected chi connectivity index (χ1v) is 8.87. The van der Waals surface area contributed by atoms with E-state index in [1.807, 2.05) is 0 Å². The average molecular weight is 276 g/mol. The molecule has 0 amide bonds. The van der Waals surface area contributed by atoms with E-state index in [0.717, 1.165) is 6.16 Å². The standard InChI is InChI=1S/C13H30BO3P/c1-2-3-4-5-6-7-8-9-10-11-12-18-13-17-14(15)16/h15-16,18H,2-13H2,1H3. The van der Waals surface area contributed by atoms with E-state index in [1.54, 1.807) is 0 Å². The minimum atomic E-state index is -1.59. The first-order valence-electron chi connectivity index (χ1n) is 7.45. The summed E-state index contributed by atoms with van der Waals surface area (Å²) in [5, 5.41) is 16.9. The van der Waals surface area contributed by atoms with Crippen LogP contribution in [0.1, 0.15) is 71.1 Å². The molecule has 1 unspecified atom stereocenters. The van der Waals surface area contributed by atoms with Gasteiger partial charge in [0.15, 0.2) is 0 Å². The van der Waals surface area contributed by atoms with E-state index in [0.29, 0.717) is 14.9 Å². The van der Waals surface area contributed by atoms with Gasteiger partial charge in [0, 0.05) is 0 Å². The number of hydrogen-bond donors (Lipinski definition) is 2. The van der Waals surface area contributed by atoms with E-state index in [9.17, 15) is 0 Å². The van der Waals surface area contributed by atoms with Gasteiger partial charge in [-0.3, -0.25) is 0 Å². The smallest absolute Gasteiger partial charge is 0.402 e. The summed E-state index contributed by atoms with van der Waals surface area (Å²) < 4.78 is 4.66. The molecular weight excluding hydrogens is 246 g/mol. The van der Waals surface area contributed by atoms with Gasteiger partial charge in [-0.05, 0) is 12.6 Å². The molecule has 0 radical (unpaired) electrons. The molecule has 0 rings (SSSR count). The zero-order valence-corrected chi connectivity index (χ0v) is 12.9. The molecule has 5 heteroatoms. The van der Waals surface area contributed by atoms with E-state index in [2.05, 4.69) is 11.6 Å². The molecule has 0 saturated heterocycles. The van der Waals surface area contributed by atoms with E-state index in [1.165, 1.54) is 64.2 Å². The molecule has 0 aromatic carbocycles. The van der Waals surface area contributed by atoms with Crippen molar-refractivity contribution >= 4 is 15.9 Å². The maximum Gasteiger partial charge on any atom is 0.634 e. The second-order valence-electron chi connectivity index (χ2n) is 4.82. The third-order valence-corrected chi connectivity index (χ3v) is 4.12. The molecule has 0 aliphatic heterocycles. The molecule has 18 heavy (non-hydrogen) atoms. The van der Waals surface area contributed by atoms with Crippen molar-refractivity contribution in [2.75, 3.05) is 12.5 Å². The zero-order chi connectivity index (χ0) is 13.5. The van der Waals surface area contributed by atoms with E-state index in [-0.39, 0.29) is 0 Å². The molecule has 0 spiro atoms. The molecule has 3 nitrogen and oxygen atoms in total. The normalized spacial score (nSPS) is 11.5. The first kappa shape index (κ1) is 18.4. The molecule has 0 aromatic heterocycles. The van der Waals surface area contributed by atoms with Gasteiger partial charge < -0.3 is 14.7 Å². The second kappa shape index (κ2) is 15.4. The predicted octanol–water partition coefficient (Wildman–Crippen LogP) is 3.53. The topological polar surface area (TPSA) is 49.7 Å². The Morgan fingerprint density at radius 1 is 0.833 bits per heavy atom. The van der Waals surface area contributed by atoms with E-state index in [4.69, 9.17) is 10.0 Å². The highest BCUT2D eigenvalue weighted by molar-refractivity contribution is 7.37. The molecule has 1 atom stereocenters. The van der Waals surface area contributed by atoms with Crippen LogP contribution in [0.4, 0.5) is 0 Å². The Kier molecular flexibility index (Phi) is 15.8. The van der Waals surface area contributed by atoms with Gasteiger partial charge in [0.2, 0.25) is 0 Å². The van der Waals surface area contributed by atoms with Gasteiger partial charge in [0.1, 0.15) is 0 Å². The number of rotatable bonds is 14. The maximum absolute atomic E-state index is 8.47. The van der Waals surface area contributed by atoms with Crippen molar-refractivity contribution in [2.24, 2.45) is 0 Å². The van der Waals surface area contributed by atoms with Crippen molar-refractivity contribution in [2.45, 2.75) is 71.1 Å². The summed E-state index contributed by atoms with van der Waals surface area (Å²) in [5.74, 6) is 0. The van der Waals surface area contributed by atoms with Crippen LogP contribution in [0.2, 0.25) is 0 Å². The molecule has 0 heterocycles. The summed E-state index contributed by atoms with van der Waals surface area (Å²) in [6.07, 6.45) is 15.3. The Morgan fingerprint density at radius 3 is 1.83 bits per heavy atom. The van der Waals surface area contributed by atoms with Gasteiger partial charge in [0.05, 0.1) is 6.35 Å². The minimum Gasteiger partial charge on any atom is -0.402 e. The first-order chi connectivity index (χ1) is 8.77. The van der Waals surface area contributed by atoms with Crippen LogP contribution < -0.4 is 0 Å². The molecule has 2 N–H and O–H groups in total. The van der Waals surface area contributed by atoms with Crippen molar-refractivity contribution in [3.8, 4) is 0 Å². The largest absolute Gasteiger partial charge is 0.634 e. The molecular formula is C13H30BO3P. The molecule has 108 valence electrons. The molecule has 0 bridgehead atoms. The maximum atomic E-state index is 8.47. The summed E-state index contributed by atoms with van der Waals surface area (Å²) in [6.45, 7) is 2.26. The third-order valence-electron chi connectivity index (χ3n) is 3.04. The highest BCUT2D eigenvalue weighted by Gasteiger charge is 2.06. The summed E-state index contributed by atoms with van der Waals surface area (Å²) in [7, 11) is -0.898. The minimum absolute atomic E-state index is 0.481. The second-order valence-corrected chi connectivity index (χ2v) is 6.11. The van der Waals surface area contributed by atoms with Gasteiger partial charge in [-0.1, -0.05) is 73.3 Å². The van der Waals surface area contributed by atoms with Crippen LogP contribution in [-0.2, 0) is 4.65 Å². The van der Waals surface area contributed by atoms with Crippen LogP contribution in [0.15, 0.2) is 0 Å². The van der Waals surface area contributed by atoms with Crippen molar-refractivity contribution in [3.05, 3.63) is 0 Å². The molecule has 0 aliphatic carbocycles. The van der Waals surface area contributed by atoms with Crippen LogP contribution in [-0.4, -0.2) is 29.9 Å². The van der Waals surface area contributed by atoms with Crippen molar-refractivity contribution in [3.63, 3.8) is 0 Å². The van der Waals surface area contributed by atoms with Crippen molar-refractivity contribution < 1.29 is 14.7 Å². The van der Waals surface area contributed by atoms with Crippen LogP contribution >= 0.6 is 8.58 Å². The van der Waals surface area contributed by atoms with Gasteiger partial charge in [-0.15, -0.1) is 0 Å². The van der Waals surface area contributed by atoms with Crippen LogP contribution in [0.3, 0.4) is 0 Å². The Bertz CT molecular complexity index is 159. The van der Waals surface area contributed by atoms with Gasteiger partial charge >= 0.3 is 7.32 Å². The summed E-state index contributed by atoms with van der Waals surface area (Å²) >= 11 is 0. The third kappa shape index (κ3) is 16.4. The van der Waals surface area contributed by atoms with Gasteiger partial charge in [-0.25, -0.2) is 0 Å². The predicted molar refractivity (Wildman–Crippen MR) is 81.2 cm³/mol. The lowest BCUT2D eigenvalue weighted by molar-refractivity contribution is 0.219. The fourth-order valence-electron chi connectivity index (χ4n) is 1.94. The SMILES string of the molecule is CCCCCCCCCCCCPCOB(O)O. The summed E-state index contributed by atoms with van der Waals surface area (Å²) in [4.78, 5) is 0. The van der Waals surface area contributed by atoms with Gasteiger partial charge in [-0.2, -0.15) is 0 Å². The lowest BCUT2D eigenvalue weighted by Crippen LogP contribution is -2.15. The number of hydrogen-bond acceptors (Lipinski definition) is 3. The Labute approximate surface area is 115 Å². The van der Waals surface area contributed by atoms with E-state index < -0.39 is 7.32 Å². The van der Waals surface area contributed by atoms with Crippen molar-refractivity contribution in [1.29, 1.82) is 0 Å². The molecule has 0 aromatic rings. The molecule has 0 fully saturated rings. The van der Waals surface area contributed by atoms with E-state index >= 15 is 0 Å². The van der Waals surface area contributed by atoms with Crippen LogP contribution in [0.5, 0.6) is 0 Å². The van der Waals surface area contributed by atoms with Crippen LogP contribution in [0.25, 0.3) is 0 Å². The highest BCUT2D eigenvalue weighted by atomic mass is 31.1. The summed E-state index contributed by atoms with van der Waals surface area (Å²) in [6, 6.07) is 0. The highest BCUT2D eigenvalue weighted by Crippen LogP contribution is 2.15. The fraction of sp³-hybridized carbons (Fsp3) is 1.00. The Hall–Kier alpha value is 0.375. The molecule has 0 saturated carbocycles. The fourth-order valence-corrected chi connectivity index (χ4v) is 2.85. The lowest BCUT2D eigenvalue weighted by atomic mass is 10.1. The van der Waals surface area contributed by atoms with Crippen LogP contribution in [0, 0.1) is 0 Å². The zero-order valence-electron chi connectivity index (χ0n) is 11.9. The average Bonchev–Trinajstić information content (AvgIpc) is 2.34. The lowest BCUT2D eigenvalue weighted by Gasteiger charge is -2.04. The quantitative estimate of drug-likeness (QED) is 0.290. The Morgan fingerprint density at radius 2 is 1.33 bits per heavy atom.